The number of hydrogen-bond acceptors (Lipinski definition) is 5. The lowest BCUT2D eigenvalue weighted by Crippen LogP contribution is -2.46. The van der Waals surface area contributed by atoms with Crippen LogP contribution in [-0.2, 0) is 11.3 Å². The van der Waals surface area contributed by atoms with Crippen molar-refractivity contribution in [2.24, 2.45) is 0 Å². The summed E-state index contributed by atoms with van der Waals surface area (Å²) in [5, 5.41) is 6.75. The molecule has 0 aliphatic carbocycles. The average molecular weight is 393 g/mol. The Morgan fingerprint density at radius 3 is 2.62 bits per heavy atom. The first-order valence-corrected chi connectivity index (χ1v) is 9.57. The number of nitrogens with zero attached hydrogens (tertiary/aromatic N) is 1. The Kier molecular flexibility index (Phi) is 5.48. The van der Waals surface area contributed by atoms with Crippen molar-refractivity contribution in [1.29, 1.82) is 0 Å². The van der Waals surface area contributed by atoms with Gasteiger partial charge >= 0.3 is 0 Å². The van der Waals surface area contributed by atoms with Gasteiger partial charge in [-0.3, -0.25) is 9.59 Å². The molecule has 0 bridgehead atoms. The van der Waals surface area contributed by atoms with Crippen LogP contribution in [-0.4, -0.2) is 50.5 Å². The third-order valence-electron chi connectivity index (χ3n) is 5.08. The minimum atomic E-state index is 0.0632. The number of hydrogen-bond donors (Lipinski definition) is 2. The highest BCUT2D eigenvalue weighted by Gasteiger charge is 2.18. The first-order chi connectivity index (χ1) is 14.2. The van der Waals surface area contributed by atoms with Crippen LogP contribution in [0, 0.1) is 0 Å². The van der Waals surface area contributed by atoms with Gasteiger partial charge in [-0.1, -0.05) is 12.1 Å². The van der Waals surface area contributed by atoms with E-state index in [9.17, 15) is 9.59 Å². The fourth-order valence-corrected chi connectivity index (χ4v) is 3.58. The molecular formula is C22H23N3O4. The normalized spacial score (nSPS) is 14.0. The molecule has 0 unspecified atom stereocenters. The maximum atomic E-state index is 12.6. The van der Waals surface area contributed by atoms with Crippen LogP contribution in [0.1, 0.15) is 16.1 Å². The molecule has 2 amide bonds. The summed E-state index contributed by atoms with van der Waals surface area (Å²) in [6.45, 7) is 3.45. The summed E-state index contributed by atoms with van der Waals surface area (Å²) in [4.78, 5) is 25.0. The van der Waals surface area contributed by atoms with Crippen LogP contribution < -0.4 is 15.4 Å². The lowest BCUT2D eigenvalue weighted by molar-refractivity contribution is -0.109. The predicted octanol–water partition coefficient (Wildman–Crippen LogP) is 2.40. The maximum Gasteiger partial charge on any atom is 0.253 e. The highest BCUT2D eigenvalue weighted by Crippen LogP contribution is 2.34. The topological polar surface area (TPSA) is 83.8 Å². The number of carbonyl (C=O) groups excluding carboxylic acids is 2. The Bertz CT molecular complexity index is 1020. The summed E-state index contributed by atoms with van der Waals surface area (Å²) in [6, 6.07) is 13.4. The number of benzene rings is 2. The van der Waals surface area contributed by atoms with Crippen molar-refractivity contribution in [2.75, 3.05) is 33.3 Å². The van der Waals surface area contributed by atoms with Crippen LogP contribution in [0.2, 0.25) is 0 Å². The SMILES string of the molecule is COc1cc(-c2ccc(C(=O)N3CCNCC3)cc2)cc2cc(CNC=O)oc12. The maximum absolute atomic E-state index is 12.6. The van der Waals surface area contributed by atoms with E-state index in [2.05, 4.69) is 10.6 Å². The third kappa shape index (κ3) is 3.95. The molecule has 2 aromatic carbocycles. The summed E-state index contributed by atoms with van der Waals surface area (Å²) in [5.41, 5.74) is 3.28. The highest BCUT2D eigenvalue weighted by molar-refractivity contribution is 5.95. The van der Waals surface area contributed by atoms with E-state index in [0.29, 0.717) is 35.6 Å². The van der Waals surface area contributed by atoms with E-state index >= 15 is 0 Å². The number of ether oxygens (including phenoxy) is 1. The molecule has 1 aliphatic rings. The monoisotopic (exact) mass is 393 g/mol. The van der Waals surface area contributed by atoms with Crippen LogP contribution in [0.3, 0.4) is 0 Å². The average Bonchev–Trinajstić information content (AvgIpc) is 3.20. The molecule has 7 heteroatoms. The van der Waals surface area contributed by atoms with Gasteiger partial charge in [0.15, 0.2) is 11.3 Å². The second-order valence-electron chi connectivity index (χ2n) is 6.93. The molecule has 150 valence electrons. The van der Waals surface area contributed by atoms with Gasteiger partial charge < -0.3 is 24.7 Å². The van der Waals surface area contributed by atoms with E-state index in [0.717, 1.165) is 42.7 Å². The molecule has 7 nitrogen and oxygen atoms in total. The van der Waals surface area contributed by atoms with Crippen molar-refractivity contribution in [3.05, 3.63) is 53.8 Å². The molecule has 1 aromatic heterocycles. The first-order valence-electron chi connectivity index (χ1n) is 9.57. The van der Waals surface area contributed by atoms with Crippen molar-refractivity contribution in [2.45, 2.75) is 6.54 Å². The van der Waals surface area contributed by atoms with Gasteiger partial charge in [-0.05, 0) is 41.5 Å². The zero-order valence-electron chi connectivity index (χ0n) is 16.2. The van der Waals surface area contributed by atoms with Gasteiger partial charge in [0, 0.05) is 37.1 Å². The Morgan fingerprint density at radius 2 is 1.93 bits per heavy atom. The van der Waals surface area contributed by atoms with Crippen LogP contribution >= 0.6 is 0 Å². The predicted molar refractivity (Wildman–Crippen MR) is 110 cm³/mol. The summed E-state index contributed by atoms with van der Waals surface area (Å²) < 4.78 is 11.3. The van der Waals surface area contributed by atoms with Crippen molar-refractivity contribution < 1.29 is 18.7 Å². The number of furan rings is 1. The zero-order chi connectivity index (χ0) is 20.2. The van der Waals surface area contributed by atoms with Gasteiger partial charge in [-0.2, -0.15) is 0 Å². The smallest absolute Gasteiger partial charge is 0.253 e. The lowest BCUT2D eigenvalue weighted by Gasteiger charge is -2.27. The molecule has 0 radical (unpaired) electrons. The van der Waals surface area contributed by atoms with E-state index in [1.165, 1.54) is 0 Å². The van der Waals surface area contributed by atoms with E-state index in [1.54, 1.807) is 7.11 Å². The number of fused-ring (bicyclic) bond motifs is 1. The molecule has 29 heavy (non-hydrogen) atoms. The van der Waals surface area contributed by atoms with Crippen LogP contribution in [0.4, 0.5) is 0 Å². The molecule has 2 heterocycles. The van der Waals surface area contributed by atoms with Crippen molar-refractivity contribution >= 4 is 23.3 Å². The van der Waals surface area contributed by atoms with Gasteiger partial charge in [-0.25, -0.2) is 0 Å². The summed E-state index contributed by atoms with van der Waals surface area (Å²) in [6.07, 6.45) is 0.638. The van der Waals surface area contributed by atoms with Crippen LogP contribution in [0.15, 0.2) is 46.9 Å². The Hall–Kier alpha value is -3.32. The Labute approximate surface area is 168 Å². The largest absolute Gasteiger partial charge is 0.493 e. The van der Waals surface area contributed by atoms with Crippen molar-refractivity contribution in [3.63, 3.8) is 0 Å². The number of piperazine rings is 1. The minimum absolute atomic E-state index is 0.0632. The second kappa shape index (κ2) is 8.36. The van der Waals surface area contributed by atoms with Gasteiger partial charge in [0.1, 0.15) is 5.76 Å². The summed E-state index contributed by atoms with van der Waals surface area (Å²) >= 11 is 0. The zero-order valence-corrected chi connectivity index (χ0v) is 16.2. The Balaban J connectivity index is 1.61. The van der Waals surface area contributed by atoms with Gasteiger partial charge in [0.05, 0.1) is 13.7 Å². The number of amides is 2. The second-order valence-corrected chi connectivity index (χ2v) is 6.93. The van der Waals surface area contributed by atoms with Crippen LogP contribution in [0.25, 0.3) is 22.1 Å². The van der Waals surface area contributed by atoms with Crippen molar-refractivity contribution in [3.8, 4) is 16.9 Å². The standard InChI is InChI=1S/C22H23N3O4/c1-28-20-12-17(10-18-11-19(13-24-14-26)29-21(18)20)15-2-4-16(5-3-15)22(27)25-8-6-23-7-9-25/h2-5,10-12,14,23H,6-9,13H2,1H3,(H,24,26). The molecule has 1 saturated heterocycles. The molecule has 1 aliphatic heterocycles. The molecule has 0 atom stereocenters. The molecule has 3 aromatic rings. The summed E-state index contributed by atoms with van der Waals surface area (Å²) in [5.74, 6) is 1.34. The van der Waals surface area contributed by atoms with E-state index in [1.807, 2.05) is 47.4 Å². The molecular weight excluding hydrogens is 370 g/mol. The first kappa shape index (κ1) is 19.0. The number of methoxy groups -OCH3 is 1. The van der Waals surface area contributed by atoms with Crippen molar-refractivity contribution in [1.82, 2.24) is 15.5 Å². The quantitative estimate of drug-likeness (QED) is 0.629. The number of rotatable bonds is 6. The third-order valence-corrected chi connectivity index (χ3v) is 5.08. The fourth-order valence-electron chi connectivity index (χ4n) is 3.58. The molecule has 0 spiro atoms. The number of carbonyl (C=O) groups is 2. The molecule has 1 fully saturated rings. The lowest BCUT2D eigenvalue weighted by atomic mass is 10.0. The number of nitrogens with one attached hydrogen (secondary N) is 2. The fraction of sp³-hybridized carbons (Fsp3) is 0.273. The Morgan fingerprint density at radius 1 is 1.17 bits per heavy atom. The molecule has 2 N–H and O–H groups in total. The van der Waals surface area contributed by atoms with E-state index in [-0.39, 0.29) is 5.91 Å². The van der Waals surface area contributed by atoms with Crippen LogP contribution in [0.5, 0.6) is 5.75 Å². The van der Waals surface area contributed by atoms with Gasteiger partial charge in [-0.15, -0.1) is 0 Å². The van der Waals surface area contributed by atoms with Gasteiger partial charge in [0.2, 0.25) is 6.41 Å². The van der Waals surface area contributed by atoms with E-state index < -0.39 is 0 Å². The summed E-state index contributed by atoms with van der Waals surface area (Å²) in [7, 11) is 1.60. The van der Waals surface area contributed by atoms with Gasteiger partial charge in [0.25, 0.3) is 5.91 Å². The highest BCUT2D eigenvalue weighted by atomic mass is 16.5. The molecule has 4 rings (SSSR count). The van der Waals surface area contributed by atoms with E-state index in [4.69, 9.17) is 9.15 Å². The minimum Gasteiger partial charge on any atom is -0.493 e. The molecule has 0 saturated carbocycles.